The van der Waals surface area contributed by atoms with Crippen LogP contribution in [0, 0.1) is 11.3 Å². The molecule has 0 atom stereocenters. The fourth-order valence-corrected chi connectivity index (χ4v) is 4.84. The van der Waals surface area contributed by atoms with Gasteiger partial charge in [0.15, 0.2) is 0 Å². The quantitative estimate of drug-likeness (QED) is 0.754. The van der Waals surface area contributed by atoms with Crippen LogP contribution >= 0.6 is 24.0 Å². The third-order valence-corrected chi connectivity index (χ3v) is 6.56. The van der Waals surface area contributed by atoms with E-state index < -0.39 is 16.0 Å². The second-order valence-electron chi connectivity index (χ2n) is 5.84. The summed E-state index contributed by atoms with van der Waals surface area (Å²) in [6.45, 7) is 3.01. The van der Waals surface area contributed by atoms with E-state index in [0.717, 1.165) is 0 Å². The van der Waals surface area contributed by atoms with Gasteiger partial charge in [-0.15, -0.1) is 12.4 Å². The molecule has 2 rings (SSSR count). The Morgan fingerprint density at radius 2 is 2.04 bits per heavy atom. The van der Waals surface area contributed by atoms with Gasteiger partial charge in [0.1, 0.15) is 11.0 Å². The predicted octanol–water partition coefficient (Wildman–Crippen LogP) is 2.19. The molecule has 0 aromatic heterocycles. The summed E-state index contributed by atoms with van der Waals surface area (Å²) in [5.41, 5.74) is 0.0238. The number of likely N-dealkylation sites (N-methyl/N-ethyl adjacent to an activating group) is 1. The van der Waals surface area contributed by atoms with E-state index in [2.05, 4.69) is 0 Å². The highest BCUT2D eigenvalue weighted by atomic mass is 35.5. The number of sulfonamides is 1. The van der Waals surface area contributed by atoms with Gasteiger partial charge in [-0.1, -0.05) is 18.5 Å². The normalized spacial score (nSPS) is 16.1. The number of carboxylic acids is 1. The Morgan fingerprint density at radius 3 is 2.54 bits per heavy atom. The van der Waals surface area contributed by atoms with Crippen LogP contribution in [0.1, 0.15) is 25.3 Å². The van der Waals surface area contributed by atoms with Gasteiger partial charge in [-0.3, -0.25) is 9.69 Å². The number of carbonyl (C=O) groups is 1. The molecule has 0 bridgehead atoms. The fourth-order valence-electron chi connectivity index (χ4n) is 3.07. The first-order valence-electron chi connectivity index (χ1n) is 7.95. The van der Waals surface area contributed by atoms with Gasteiger partial charge in [0.25, 0.3) is 0 Å². The Hall–Kier alpha value is -1.37. The fraction of sp³-hybridized carbons (Fsp3) is 0.500. The van der Waals surface area contributed by atoms with Crippen LogP contribution < -0.4 is 0 Å². The molecule has 0 saturated carbocycles. The number of aliphatic carboxylic acids is 1. The number of piperidine rings is 1. The maximum Gasteiger partial charge on any atom is 0.317 e. The van der Waals surface area contributed by atoms with Crippen molar-refractivity contribution < 1.29 is 18.3 Å². The van der Waals surface area contributed by atoms with Crippen LogP contribution in [0.25, 0.3) is 0 Å². The molecular formula is C16H21Cl2N3O4S. The van der Waals surface area contributed by atoms with Crippen LogP contribution in [0.3, 0.4) is 0 Å². The summed E-state index contributed by atoms with van der Waals surface area (Å²) >= 11 is 5.83. The first kappa shape index (κ1) is 22.7. The van der Waals surface area contributed by atoms with Crippen molar-refractivity contribution in [2.24, 2.45) is 0 Å². The highest BCUT2D eigenvalue weighted by Crippen LogP contribution is 2.26. The van der Waals surface area contributed by atoms with Crippen molar-refractivity contribution in [3.8, 4) is 6.07 Å². The van der Waals surface area contributed by atoms with Crippen LogP contribution in [0.2, 0.25) is 5.02 Å². The molecule has 1 saturated heterocycles. The van der Waals surface area contributed by atoms with E-state index in [4.69, 9.17) is 16.7 Å². The number of hydrogen-bond donors (Lipinski definition) is 1. The minimum absolute atomic E-state index is 0. The second kappa shape index (κ2) is 9.53. The summed E-state index contributed by atoms with van der Waals surface area (Å²) < 4.78 is 27.0. The molecule has 1 N–H and O–H groups in total. The lowest BCUT2D eigenvalue weighted by molar-refractivity contribution is -0.139. The van der Waals surface area contributed by atoms with Crippen molar-refractivity contribution in [2.75, 3.05) is 26.2 Å². The molecule has 1 aliphatic heterocycles. The largest absolute Gasteiger partial charge is 0.480 e. The average molecular weight is 422 g/mol. The number of benzene rings is 1. The molecule has 0 amide bonds. The summed E-state index contributed by atoms with van der Waals surface area (Å²) in [6.07, 6.45) is 1.10. The topological polar surface area (TPSA) is 102 Å². The molecule has 144 valence electrons. The maximum absolute atomic E-state index is 12.8. The Balaban J connectivity index is 0.00000338. The highest BCUT2D eigenvalue weighted by molar-refractivity contribution is 7.89. The molecule has 1 aromatic rings. The standard InChI is InChI=1S/C16H20ClN3O4S.ClH/c1-2-19(11-16(21)22)14-5-7-20(8-6-14)25(23,24)15-4-3-13(17)9-12(15)10-18;/h3-4,9,14H,2,5-8,11H2,1H3,(H,21,22);1H. The molecule has 7 nitrogen and oxygen atoms in total. The lowest BCUT2D eigenvalue weighted by Gasteiger charge is -2.36. The number of nitriles is 1. The minimum atomic E-state index is -3.78. The molecule has 0 aliphatic carbocycles. The van der Waals surface area contributed by atoms with Gasteiger partial charge in [-0.2, -0.15) is 9.57 Å². The zero-order valence-electron chi connectivity index (χ0n) is 14.3. The first-order chi connectivity index (χ1) is 11.8. The van der Waals surface area contributed by atoms with Crippen molar-refractivity contribution in [1.82, 2.24) is 9.21 Å². The van der Waals surface area contributed by atoms with Gasteiger partial charge >= 0.3 is 5.97 Å². The van der Waals surface area contributed by atoms with Crippen LogP contribution in [-0.4, -0.2) is 60.9 Å². The molecular weight excluding hydrogens is 401 g/mol. The van der Waals surface area contributed by atoms with Crippen molar-refractivity contribution >= 4 is 40.0 Å². The summed E-state index contributed by atoms with van der Waals surface area (Å²) in [5, 5.41) is 18.5. The van der Waals surface area contributed by atoms with Gasteiger partial charge in [0, 0.05) is 24.2 Å². The molecule has 1 heterocycles. The summed E-state index contributed by atoms with van der Waals surface area (Å²) in [4.78, 5) is 12.7. The lowest BCUT2D eigenvalue weighted by atomic mass is 10.0. The van der Waals surface area contributed by atoms with E-state index in [0.29, 0.717) is 24.4 Å². The van der Waals surface area contributed by atoms with Crippen LogP contribution in [0.5, 0.6) is 0 Å². The maximum atomic E-state index is 12.8. The van der Waals surface area contributed by atoms with E-state index in [1.165, 1.54) is 22.5 Å². The summed E-state index contributed by atoms with van der Waals surface area (Å²) in [5.74, 6) is -0.892. The molecule has 0 radical (unpaired) electrons. The number of hydrogen-bond acceptors (Lipinski definition) is 5. The van der Waals surface area contributed by atoms with E-state index in [-0.39, 0.29) is 48.5 Å². The average Bonchev–Trinajstić information content (AvgIpc) is 2.59. The zero-order valence-corrected chi connectivity index (χ0v) is 16.6. The monoisotopic (exact) mass is 421 g/mol. The van der Waals surface area contributed by atoms with Crippen molar-refractivity contribution in [3.63, 3.8) is 0 Å². The number of carboxylic acid groups (broad SMARTS) is 1. The van der Waals surface area contributed by atoms with Crippen molar-refractivity contribution in [2.45, 2.75) is 30.7 Å². The second-order valence-corrected chi connectivity index (χ2v) is 8.19. The molecule has 1 aliphatic rings. The van der Waals surface area contributed by atoms with Gasteiger partial charge in [0.05, 0.1) is 12.1 Å². The van der Waals surface area contributed by atoms with Crippen LogP contribution in [0.15, 0.2) is 23.1 Å². The number of nitrogens with zero attached hydrogens (tertiary/aromatic N) is 3. The lowest BCUT2D eigenvalue weighted by Crippen LogP contribution is -2.48. The van der Waals surface area contributed by atoms with Crippen LogP contribution in [-0.2, 0) is 14.8 Å². The summed E-state index contributed by atoms with van der Waals surface area (Å²) in [7, 11) is -3.78. The number of rotatable bonds is 6. The van der Waals surface area contributed by atoms with E-state index in [9.17, 15) is 18.5 Å². The third-order valence-electron chi connectivity index (χ3n) is 4.36. The van der Waals surface area contributed by atoms with Crippen molar-refractivity contribution in [3.05, 3.63) is 28.8 Å². The third kappa shape index (κ3) is 5.09. The molecule has 1 aromatic carbocycles. The van der Waals surface area contributed by atoms with Crippen LogP contribution in [0.4, 0.5) is 0 Å². The van der Waals surface area contributed by atoms with Gasteiger partial charge in [-0.25, -0.2) is 8.42 Å². The Morgan fingerprint density at radius 1 is 1.42 bits per heavy atom. The Kier molecular flexibility index (Phi) is 8.31. The smallest absolute Gasteiger partial charge is 0.317 e. The first-order valence-corrected chi connectivity index (χ1v) is 9.77. The molecule has 10 heteroatoms. The predicted molar refractivity (Wildman–Crippen MR) is 100 cm³/mol. The Labute approximate surface area is 164 Å². The summed E-state index contributed by atoms with van der Waals surface area (Å²) in [6, 6.07) is 6.06. The van der Waals surface area contributed by atoms with Gasteiger partial charge < -0.3 is 5.11 Å². The van der Waals surface area contributed by atoms with Crippen molar-refractivity contribution in [1.29, 1.82) is 5.26 Å². The highest BCUT2D eigenvalue weighted by Gasteiger charge is 2.33. The SMILES string of the molecule is CCN(CC(=O)O)C1CCN(S(=O)(=O)c2ccc(Cl)cc2C#N)CC1.Cl. The molecule has 1 fully saturated rings. The minimum Gasteiger partial charge on any atom is -0.480 e. The number of halogens is 2. The van der Waals surface area contributed by atoms with E-state index >= 15 is 0 Å². The Bertz CT molecular complexity index is 787. The zero-order chi connectivity index (χ0) is 18.6. The molecule has 0 unspecified atom stereocenters. The van der Waals surface area contributed by atoms with Gasteiger partial charge in [0.2, 0.25) is 10.0 Å². The van der Waals surface area contributed by atoms with E-state index in [1.54, 1.807) is 0 Å². The van der Waals surface area contributed by atoms with Gasteiger partial charge in [-0.05, 0) is 37.6 Å². The molecule has 26 heavy (non-hydrogen) atoms. The van der Waals surface area contributed by atoms with E-state index in [1.807, 2.05) is 17.9 Å². The molecule has 0 spiro atoms.